The van der Waals surface area contributed by atoms with Gasteiger partial charge < -0.3 is 4.90 Å². The molecule has 0 bridgehead atoms. The molecule has 25 heavy (non-hydrogen) atoms. The molecule has 0 spiro atoms. The summed E-state index contributed by atoms with van der Waals surface area (Å²) in [5.74, 6) is 0.990. The molecular formula is C23H42N2. The molecule has 0 N–H and O–H groups in total. The van der Waals surface area contributed by atoms with Crippen molar-refractivity contribution in [2.24, 2.45) is 11.3 Å². The van der Waals surface area contributed by atoms with Gasteiger partial charge in [0.2, 0.25) is 0 Å². The molecule has 144 valence electrons. The SMILES string of the molecule is CCCCCCCC1CCN(C2CCC(C#N)(CCCC)CC2)CC1. The lowest BCUT2D eigenvalue weighted by Gasteiger charge is -2.43. The van der Waals surface area contributed by atoms with E-state index in [1.165, 1.54) is 90.1 Å². The zero-order valence-electron chi connectivity index (χ0n) is 17.1. The van der Waals surface area contributed by atoms with Crippen molar-refractivity contribution in [3.8, 4) is 6.07 Å². The Kier molecular flexibility index (Phi) is 9.32. The molecule has 0 amide bonds. The second-order valence-corrected chi connectivity index (χ2v) is 8.91. The number of hydrogen-bond acceptors (Lipinski definition) is 2. The summed E-state index contributed by atoms with van der Waals surface area (Å²) in [4.78, 5) is 2.77. The monoisotopic (exact) mass is 346 g/mol. The second kappa shape index (κ2) is 11.2. The topological polar surface area (TPSA) is 27.0 Å². The Bertz CT molecular complexity index is 381. The Morgan fingerprint density at radius 3 is 2.12 bits per heavy atom. The van der Waals surface area contributed by atoms with E-state index in [1.54, 1.807) is 0 Å². The molecule has 0 radical (unpaired) electrons. The fourth-order valence-corrected chi connectivity index (χ4v) is 5.10. The van der Waals surface area contributed by atoms with Crippen molar-refractivity contribution in [3.05, 3.63) is 0 Å². The van der Waals surface area contributed by atoms with E-state index in [1.807, 2.05) is 0 Å². The summed E-state index contributed by atoms with van der Waals surface area (Å²) < 4.78 is 0. The molecule has 1 saturated heterocycles. The van der Waals surface area contributed by atoms with Crippen molar-refractivity contribution in [2.45, 2.75) is 116 Å². The van der Waals surface area contributed by atoms with Crippen molar-refractivity contribution < 1.29 is 0 Å². The highest BCUT2D eigenvalue weighted by Crippen LogP contribution is 2.42. The minimum Gasteiger partial charge on any atom is -0.300 e. The van der Waals surface area contributed by atoms with Gasteiger partial charge in [0.1, 0.15) is 0 Å². The zero-order valence-corrected chi connectivity index (χ0v) is 17.1. The van der Waals surface area contributed by atoms with Crippen LogP contribution in [0.4, 0.5) is 0 Å². The summed E-state index contributed by atoms with van der Waals surface area (Å²) >= 11 is 0. The van der Waals surface area contributed by atoms with Crippen molar-refractivity contribution in [2.75, 3.05) is 13.1 Å². The van der Waals surface area contributed by atoms with Crippen LogP contribution in [0.1, 0.15) is 110 Å². The first-order valence-electron chi connectivity index (χ1n) is 11.4. The average Bonchev–Trinajstić information content (AvgIpc) is 2.67. The molecule has 0 aromatic rings. The van der Waals surface area contributed by atoms with E-state index < -0.39 is 0 Å². The number of nitriles is 1. The first-order valence-corrected chi connectivity index (χ1v) is 11.4. The summed E-state index contributed by atoms with van der Waals surface area (Å²) in [5.41, 5.74) is 0.0172. The molecule has 0 unspecified atom stereocenters. The Labute approximate surface area is 157 Å². The van der Waals surface area contributed by atoms with Gasteiger partial charge in [0.05, 0.1) is 11.5 Å². The van der Waals surface area contributed by atoms with Gasteiger partial charge in [0, 0.05) is 6.04 Å². The highest BCUT2D eigenvalue weighted by atomic mass is 15.2. The smallest absolute Gasteiger partial charge is 0.0689 e. The Morgan fingerprint density at radius 2 is 1.52 bits per heavy atom. The van der Waals surface area contributed by atoms with Gasteiger partial charge >= 0.3 is 0 Å². The molecule has 1 saturated carbocycles. The molecule has 0 atom stereocenters. The van der Waals surface area contributed by atoms with Crippen LogP contribution in [0, 0.1) is 22.7 Å². The molecular weight excluding hydrogens is 304 g/mol. The van der Waals surface area contributed by atoms with Crippen LogP contribution in [0.5, 0.6) is 0 Å². The van der Waals surface area contributed by atoms with Crippen LogP contribution in [0.2, 0.25) is 0 Å². The van der Waals surface area contributed by atoms with Crippen molar-refractivity contribution in [3.63, 3.8) is 0 Å². The number of unbranched alkanes of at least 4 members (excludes halogenated alkanes) is 5. The highest BCUT2D eigenvalue weighted by molar-refractivity contribution is 5.02. The third kappa shape index (κ3) is 6.59. The molecule has 0 aromatic carbocycles. The Balaban J connectivity index is 1.64. The summed E-state index contributed by atoms with van der Waals surface area (Å²) in [5, 5.41) is 9.67. The molecule has 1 aliphatic carbocycles. The first-order chi connectivity index (χ1) is 12.2. The van der Waals surface area contributed by atoms with Gasteiger partial charge in [0.25, 0.3) is 0 Å². The van der Waals surface area contributed by atoms with Crippen LogP contribution in [0.15, 0.2) is 0 Å². The maximum atomic E-state index is 9.67. The van der Waals surface area contributed by atoms with E-state index in [0.29, 0.717) is 0 Å². The molecule has 2 heteroatoms. The molecule has 2 fully saturated rings. The predicted octanol–water partition coefficient (Wildman–Crippen LogP) is 6.70. The fraction of sp³-hybridized carbons (Fsp3) is 0.957. The summed E-state index contributed by atoms with van der Waals surface area (Å²) in [6, 6.07) is 3.47. The fourth-order valence-electron chi connectivity index (χ4n) is 5.10. The van der Waals surface area contributed by atoms with Crippen LogP contribution >= 0.6 is 0 Å². The third-order valence-corrected chi connectivity index (χ3v) is 7.04. The Hall–Kier alpha value is -0.550. The lowest BCUT2D eigenvalue weighted by molar-refractivity contribution is 0.0756. The average molecular weight is 347 g/mol. The lowest BCUT2D eigenvalue weighted by Crippen LogP contribution is -2.44. The number of hydrogen-bond donors (Lipinski definition) is 0. The van der Waals surface area contributed by atoms with E-state index in [9.17, 15) is 5.26 Å². The van der Waals surface area contributed by atoms with Crippen LogP contribution in [-0.4, -0.2) is 24.0 Å². The number of piperidine rings is 1. The number of rotatable bonds is 10. The van der Waals surface area contributed by atoms with E-state index in [0.717, 1.165) is 31.2 Å². The lowest BCUT2D eigenvalue weighted by atomic mass is 9.70. The molecule has 2 rings (SSSR count). The second-order valence-electron chi connectivity index (χ2n) is 8.91. The molecule has 0 aromatic heterocycles. The number of likely N-dealkylation sites (tertiary alicyclic amines) is 1. The summed E-state index contributed by atoms with van der Waals surface area (Å²) in [6.45, 7) is 7.17. The number of nitrogens with zero attached hydrogens (tertiary/aromatic N) is 2. The quantitative estimate of drug-likeness (QED) is 0.411. The molecule has 1 aliphatic heterocycles. The van der Waals surface area contributed by atoms with Gasteiger partial charge in [-0.15, -0.1) is 0 Å². The van der Waals surface area contributed by atoms with Crippen LogP contribution in [0.25, 0.3) is 0 Å². The van der Waals surface area contributed by atoms with E-state index in [-0.39, 0.29) is 5.41 Å². The van der Waals surface area contributed by atoms with Gasteiger partial charge in [-0.05, 0) is 64.0 Å². The summed E-state index contributed by atoms with van der Waals surface area (Å²) in [7, 11) is 0. The van der Waals surface area contributed by atoms with Crippen LogP contribution in [0.3, 0.4) is 0 Å². The minimum atomic E-state index is 0.0172. The van der Waals surface area contributed by atoms with Crippen LogP contribution in [-0.2, 0) is 0 Å². The van der Waals surface area contributed by atoms with Crippen LogP contribution < -0.4 is 0 Å². The first kappa shape index (κ1) is 20.8. The van der Waals surface area contributed by atoms with Gasteiger partial charge in [-0.2, -0.15) is 5.26 Å². The standard InChI is InChI=1S/C23H42N2/c1-3-5-7-8-9-10-21-13-18-25(19-14-21)22-11-16-23(20-24,17-12-22)15-6-4-2/h21-22H,3-19H2,1-2H3. The van der Waals surface area contributed by atoms with Gasteiger partial charge in [-0.25, -0.2) is 0 Å². The third-order valence-electron chi connectivity index (χ3n) is 7.04. The van der Waals surface area contributed by atoms with E-state index in [4.69, 9.17) is 0 Å². The largest absolute Gasteiger partial charge is 0.300 e. The zero-order chi connectivity index (χ0) is 18.0. The van der Waals surface area contributed by atoms with Gasteiger partial charge in [0.15, 0.2) is 0 Å². The minimum absolute atomic E-state index is 0.0172. The van der Waals surface area contributed by atoms with Crippen molar-refractivity contribution >= 4 is 0 Å². The highest BCUT2D eigenvalue weighted by Gasteiger charge is 2.37. The van der Waals surface area contributed by atoms with Gasteiger partial charge in [-0.3, -0.25) is 0 Å². The maximum absolute atomic E-state index is 9.67. The van der Waals surface area contributed by atoms with Crippen molar-refractivity contribution in [1.29, 1.82) is 5.26 Å². The van der Waals surface area contributed by atoms with Crippen molar-refractivity contribution in [1.82, 2.24) is 4.90 Å². The van der Waals surface area contributed by atoms with E-state index >= 15 is 0 Å². The molecule has 2 nitrogen and oxygen atoms in total. The normalized spacial score (nSPS) is 28.8. The summed E-state index contributed by atoms with van der Waals surface area (Å²) in [6.07, 6.45) is 19.8. The maximum Gasteiger partial charge on any atom is 0.0689 e. The Morgan fingerprint density at radius 1 is 0.880 bits per heavy atom. The van der Waals surface area contributed by atoms with E-state index in [2.05, 4.69) is 24.8 Å². The van der Waals surface area contributed by atoms with Gasteiger partial charge in [-0.1, -0.05) is 65.2 Å². The predicted molar refractivity (Wildman–Crippen MR) is 108 cm³/mol. The molecule has 1 heterocycles. The molecule has 2 aliphatic rings.